The molecule has 0 aliphatic carbocycles. The number of methoxy groups -OCH3 is 1. The number of morpholine rings is 1. The summed E-state index contributed by atoms with van der Waals surface area (Å²) < 4.78 is 59.0. The van der Waals surface area contributed by atoms with Crippen LogP contribution in [0, 0.1) is 0 Å². The molecule has 8 heteroatoms. The lowest BCUT2D eigenvalue weighted by Gasteiger charge is -2.33. The van der Waals surface area contributed by atoms with Gasteiger partial charge in [0.05, 0.1) is 13.2 Å². The maximum atomic E-state index is 13.4. The van der Waals surface area contributed by atoms with Gasteiger partial charge < -0.3 is 14.4 Å². The van der Waals surface area contributed by atoms with E-state index < -0.39 is 17.9 Å². The summed E-state index contributed by atoms with van der Waals surface area (Å²) in [6, 6.07) is 0. The van der Waals surface area contributed by atoms with E-state index in [1.54, 1.807) is 0 Å². The number of ether oxygens (including phenoxy) is 2. The Bertz CT molecular complexity index is 264. The van der Waals surface area contributed by atoms with Crippen molar-refractivity contribution >= 4 is 5.91 Å². The molecule has 94 valence electrons. The number of carbonyl (C=O) groups excluding carboxylic acids is 1. The second kappa shape index (κ2) is 4.54. The molecule has 0 spiro atoms. The van der Waals surface area contributed by atoms with Gasteiger partial charge in [-0.3, -0.25) is 4.79 Å². The number of halogens is 4. The van der Waals surface area contributed by atoms with Crippen LogP contribution in [0.25, 0.3) is 0 Å². The Labute approximate surface area is 89.1 Å². The first-order chi connectivity index (χ1) is 7.33. The van der Waals surface area contributed by atoms with E-state index in [2.05, 4.69) is 4.74 Å². The summed E-state index contributed by atoms with van der Waals surface area (Å²) >= 11 is 0. The van der Waals surface area contributed by atoms with E-state index in [4.69, 9.17) is 4.74 Å². The Morgan fingerprint density at radius 1 is 1.25 bits per heavy atom. The normalized spacial score (nSPS) is 21.7. The van der Waals surface area contributed by atoms with Crippen LogP contribution in [-0.4, -0.2) is 56.3 Å². The van der Waals surface area contributed by atoms with Crippen LogP contribution in [0.5, 0.6) is 0 Å². The smallest absolute Gasteiger partial charge is 0.378 e. The van der Waals surface area contributed by atoms with E-state index in [9.17, 15) is 22.4 Å². The standard InChI is InChI=1S/C8H11F4NO3/c1-15-7(9,8(10,11)12)6(14)13-2-4-16-5-3-13/h2-5H2,1H3/t7-/m1/s1. The molecule has 1 saturated heterocycles. The first kappa shape index (κ1) is 13.2. The third kappa shape index (κ3) is 2.27. The van der Waals surface area contributed by atoms with Crippen LogP contribution in [0.3, 0.4) is 0 Å². The van der Waals surface area contributed by atoms with Gasteiger partial charge in [-0.15, -0.1) is 0 Å². The number of hydrogen-bond donors (Lipinski definition) is 0. The summed E-state index contributed by atoms with van der Waals surface area (Å²) in [5, 5.41) is 0. The van der Waals surface area contributed by atoms with E-state index in [0.29, 0.717) is 7.11 Å². The Morgan fingerprint density at radius 2 is 1.75 bits per heavy atom. The zero-order valence-electron chi connectivity index (χ0n) is 8.51. The predicted octanol–water partition coefficient (Wildman–Crippen LogP) is 0.720. The summed E-state index contributed by atoms with van der Waals surface area (Å²) in [7, 11) is 0.506. The van der Waals surface area contributed by atoms with Crippen molar-refractivity contribution in [1.82, 2.24) is 4.90 Å². The zero-order chi connectivity index (χ0) is 12.4. The molecule has 1 heterocycles. The molecule has 1 atom stereocenters. The van der Waals surface area contributed by atoms with Crippen LogP contribution < -0.4 is 0 Å². The topological polar surface area (TPSA) is 38.8 Å². The van der Waals surface area contributed by atoms with Crippen LogP contribution >= 0.6 is 0 Å². The third-order valence-corrected chi connectivity index (χ3v) is 2.22. The molecule has 4 nitrogen and oxygen atoms in total. The van der Waals surface area contributed by atoms with Crippen LogP contribution in [0.15, 0.2) is 0 Å². The van der Waals surface area contributed by atoms with Crippen molar-refractivity contribution in [1.29, 1.82) is 0 Å². The van der Waals surface area contributed by atoms with Gasteiger partial charge in [0.15, 0.2) is 0 Å². The minimum atomic E-state index is -5.39. The molecule has 1 amide bonds. The van der Waals surface area contributed by atoms with Gasteiger partial charge in [0.25, 0.3) is 5.91 Å². The SMILES string of the molecule is CO[C@](F)(C(=O)N1CCOCC1)C(F)(F)F. The molecule has 0 aromatic carbocycles. The number of nitrogens with zero attached hydrogens (tertiary/aromatic N) is 1. The Hall–Kier alpha value is -0.890. The van der Waals surface area contributed by atoms with Gasteiger partial charge in [-0.25, -0.2) is 0 Å². The third-order valence-electron chi connectivity index (χ3n) is 2.22. The van der Waals surface area contributed by atoms with E-state index in [-0.39, 0.29) is 26.3 Å². The predicted molar refractivity (Wildman–Crippen MR) is 44.3 cm³/mol. The van der Waals surface area contributed by atoms with Gasteiger partial charge in [-0.05, 0) is 0 Å². The molecule has 1 fully saturated rings. The second-order valence-corrected chi connectivity index (χ2v) is 3.20. The lowest BCUT2D eigenvalue weighted by Crippen LogP contribution is -2.58. The molecule has 0 aromatic rings. The molecule has 0 aromatic heterocycles. The van der Waals surface area contributed by atoms with Crippen molar-refractivity contribution in [3.8, 4) is 0 Å². The molecule has 0 radical (unpaired) electrons. The lowest BCUT2D eigenvalue weighted by atomic mass is 10.2. The van der Waals surface area contributed by atoms with Crippen molar-refractivity contribution in [2.45, 2.75) is 12.0 Å². The molecule has 0 bridgehead atoms. The molecule has 0 N–H and O–H groups in total. The number of hydrogen-bond acceptors (Lipinski definition) is 3. The minimum Gasteiger partial charge on any atom is -0.378 e. The average Bonchev–Trinajstić information content (AvgIpc) is 2.26. The molecular weight excluding hydrogens is 234 g/mol. The maximum Gasteiger partial charge on any atom is 0.458 e. The monoisotopic (exact) mass is 245 g/mol. The average molecular weight is 245 g/mol. The molecule has 16 heavy (non-hydrogen) atoms. The first-order valence-electron chi connectivity index (χ1n) is 4.51. The molecule has 1 aliphatic rings. The van der Waals surface area contributed by atoms with Gasteiger partial charge in [0.1, 0.15) is 0 Å². The highest BCUT2D eigenvalue weighted by molar-refractivity contribution is 5.84. The second-order valence-electron chi connectivity index (χ2n) is 3.20. The molecular formula is C8H11F4NO3. The zero-order valence-corrected chi connectivity index (χ0v) is 8.51. The Balaban J connectivity index is 2.83. The van der Waals surface area contributed by atoms with E-state index >= 15 is 0 Å². The fraction of sp³-hybridized carbons (Fsp3) is 0.875. The summed E-state index contributed by atoms with van der Waals surface area (Å²) in [5.74, 6) is -6.00. The summed E-state index contributed by atoms with van der Waals surface area (Å²) in [6.45, 7) is 0.0146. The van der Waals surface area contributed by atoms with Crippen molar-refractivity contribution in [3.63, 3.8) is 0 Å². The molecule has 1 rings (SSSR count). The highest BCUT2D eigenvalue weighted by atomic mass is 19.4. The fourth-order valence-corrected chi connectivity index (χ4v) is 1.29. The summed E-state index contributed by atoms with van der Waals surface area (Å²) in [6.07, 6.45) is -5.39. The van der Waals surface area contributed by atoms with Gasteiger partial charge in [-0.1, -0.05) is 0 Å². The fourth-order valence-electron chi connectivity index (χ4n) is 1.29. The number of rotatable bonds is 2. The highest BCUT2D eigenvalue weighted by Gasteiger charge is 2.64. The Kier molecular flexibility index (Phi) is 3.74. The van der Waals surface area contributed by atoms with Crippen LogP contribution in [-0.2, 0) is 14.3 Å². The van der Waals surface area contributed by atoms with Crippen LogP contribution in [0.4, 0.5) is 17.6 Å². The molecule has 0 saturated carbocycles. The lowest BCUT2D eigenvalue weighted by molar-refractivity contribution is -0.312. The maximum absolute atomic E-state index is 13.4. The van der Waals surface area contributed by atoms with Gasteiger partial charge >= 0.3 is 12.0 Å². The quantitative estimate of drug-likeness (QED) is 0.673. The van der Waals surface area contributed by atoms with Gasteiger partial charge in [0.2, 0.25) is 0 Å². The number of alkyl halides is 4. The molecule has 1 aliphatic heterocycles. The van der Waals surface area contributed by atoms with E-state index in [1.807, 2.05) is 0 Å². The first-order valence-corrected chi connectivity index (χ1v) is 4.51. The van der Waals surface area contributed by atoms with E-state index in [0.717, 1.165) is 4.90 Å². The van der Waals surface area contributed by atoms with Crippen molar-refractivity contribution < 1.29 is 31.8 Å². The number of carbonyl (C=O) groups is 1. The van der Waals surface area contributed by atoms with Crippen molar-refractivity contribution in [2.75, 3.05) is 33.4 Å². The van der Waals surface area contributed by atoms with Gasteiger partial charge in [-0.2, -0.15) is 17.6 Å². The van der Waals surface area contributed by atoms with Crippen LogP contribution in [0.1, 0.15) is 0 Å². The summed E-state index contributed by atoms with van der Waals surface area (Å²) in [5.41, 5.74) is 0. The highest BCUT2D eigenvalue weighted by Crippen LogP contribution is 2.36. The minimum absolute atomic E-state index is 0.0794. The van der Waals surface area contributed by atoms with E-state index in [1.165, 1.54) is 0 Å². The van der Waals surface area contributed by atoms with Crippen LogP contribution in [0.2, 0.25) is 0 Å². The van der Waals surface area contributed by atoms with Crippen molar-refractivity contribution in [2.24, 2.45) is 0 Å². The Morgan fingerprint density at radius 3 is 2.12 bits per heavy atom. The summed E-state index contributed by atoms with van der Waals surface area (Å²) in [4.78, 5) is 12.1. The van der Waals surface area contributed by atoms with Gasteiger partial charge in [0, 0.05) is 20.2 Å². The number of amides is 1. The molecule has 0 unspecified atom stereocenters. The largest absolute Gasteiger partial charge is 0.458 e. The van der Waals surface area contributed by atoms with Crippen molar-refractivity contribution in [3.05, 3.63) is 0 Å².